The van der Waals surface area contributed by atoms with Crippen molar-refractivity contribution in [2.75, 3.05) is 11.9 Å². The van der Waals surface area contributed by atoms with Crippen LogP contribution in [-0.4, -0.2) is 22.0 Å². The number of hydrogen-bond donors (Lipinski definition) is 2. The van der Waals surface area contributed by atoms with Gasteiger partial charge >= 0.3 is 6.18 Å². The van der Waals surface area contributed by atoms with Crippen LogP contribution in [-0.2, 0) is 24.1 Å². The van der Waals surface area contributed by atoms with Gasteiger partial charge in [-0.05, 0) is 12.8 Å². The van der Waals surface area contributed by atoms with Gasteiger partial charge in [0.15, 0.2) is 5.82 Å². The highest BCUT2D eigenvalue weighted by Gasteiger charge is 2.40. The molecule has 20 heavy (non-hydrogen) atoms. The summed E-state index contributed by atoms with van der Waals surface area (Å²) in [6, 6.07) is 0. The summed E-state index contributed by atoms with van der Waals surface area (Å²) >= 11 is 0. The number of aromatic nitrogens is 2. The minimum atomic E-state index is -4.51. The van der Waals surface area contributed by atoms with Crippen LogP contribution in [0.2, 0.25) is 0 Å². The molecule has 0 radical (unpaired) electrons. The van der Waals surface area contributed by atoms with E-state index in [1.54, 1.807) is 0 Å². The molecule has 0 saturated heterocycles. The number of alkyl halides is 3. The molecule has 1 aromatic heterocycles. The third-order valence-corrected chi connectivity index (χ3v) is 3.32. The minimum absolute atomic E-state index is 0. The standard InChI is InChI=1S/C11H13F3N4O.ClH/c12-11(13,14)10-17-8(16-9(19)6-1-2-6)7-5-15-3-4-18(7)10;/h6,15H,1-5H2,(H,16,19);1H. The van der Waals surface area contributed by atoms with Gasteiger partial charge in [-0.2, -0.15) is 13.2 Å². The lowest BCUT2D eigenvalue weighted by Gasteiger charge is -2.19. The molecule has 2 heterocycles. The third-order valence-electron chi connectivity index (χ3n) is 3.32. The van der Waals surface area contributed by atoms with Crippen molar-refractivity contribution in [3.8, 4) is 0 Å². The summed E-state index contributed by atoms with van der Waals surface area (Å²) in [7, 11) is 0. The van der Waals surface area contributed by atoms with Gasteiger partial charge in [-0.25, -0.2) is 4.98 Å². The maximum absolute atomic E-state index is 12.9. The molecule has 1 saturated carbocycles. The Balaban J connectivity index is 0.00000147. The first-order valence-electron chi connectivity index (χ1n) is 6.15. The maximum atomic E-state index is 12.9. The molecule has 1 aliphatic carbocycles. The first kappa shape index (κ1) is 15.1. The van der Waals surface area contributed by atoms with Crippen LogP contribution in [0.5, 0.6) is 0 Å². The van der Waals surface area contributed by atoms with Crippen molar-refractivity contribution in [3.63, 3.8) is 0 Å². The predicted octanol–water partition coefficient (Wildman–Crippen LogP) is 1.78. The zero-order valence-electron chi connectivity index (χ0n) is 10.5. The first-order valence-corrected chi connectivity index (χ1v) is 6.15. The van der Waals surface area contributed by atoms with Crippen LogP contribution >= 0.6 is 12.4 Å². The SMILES string of the molecule is Cl.O=C(Nc1nc(C(F)(F)F)n2c1CNCC2)C1CC1. The van der Waals surface area contributed by atoms with Crippen LogP contribution in [0, 0.1) is 5.92 Å². The molecule has 1 fully saturated rings. The summed E-state index contributed by atoms with van der Waals surface area (Å²) in [5, 5.41) is 5.50. The quantitative estimate of drug-likeness (QED) is 0.875. The number of hydrogen-bond acceptors (Lipinski definition) is 3. The van der Waals surface area contributed by atoms with Crippen LogP contribution in [0.1, 0.15) is 24.4 Å². The van der Waals surface area contributed by atoms with Crippen LogP contribution in [0.4, 0.5) is 19.0 Å². The molecular weight excluding hydrogens is 297 g/mol. The van der Waals surface area contributed by atoms with E-state index in [1.165, 1.54) is 0 Å². The van der Waals surface area contributed by atoms with Crippen molar-refractivity contribution in [1.82, 2.24) is 14.9 Å². The highest BCUT2D eigenvalue weighted by molar-refractivity contribution is 5.93. The summed E-state index contributed by atoms with van der Waals surface area (Å²) in [6.45, 7) is 0.947. The third kappa shape index (κ3) is 2.76. The second-order valence-electron chi connectivity index (χ2n) is 4.82. The smallest absolute Gasteiger partial charge is 0.320 e. The number of halogens is 4. The zero-order valence-corrected chi connectivity index (χ0v) is 11.3. The number of nitrogens with zero attached hydrogens (tertiary/aromatic N) is 2. The van der Waals surface area contributed by atoms with E-state index >= 15 is 0 Å². The Morgan fingerprint density at radius 2 is 2.10 bits per heavy atom. The van der Waals surface area contributed by atoms with Gasteiger partial charge in [-0.3, -0.25) is 4.79 Å². The molecule has 0 atom stereocenters. The monoisotopic (exact) mass is 310 g/mol. The van der Waals surface area contributed by atoms with E-state index in [1.807, 2.05) is 0 Å². The molecule has 3 rings (SSSR count). The van der Waals surface area contributed by atoms with Gasteiger partial charge in [0.1, 0.15) is 0 Å². The van der Waals surface area contributed by atoms with E-state index in [9.17, 15) is 18.0 Å². The fourth-order valence-corrected chi connectivity index (χ4v) is 2.18. The van der Waals surface area contributed by atoms with Crippen LogP contribution in [0.3, 0.4) is 0 Å². The molecule has 112 valence electrons. The molecule has 5 nitrogen and oxygen atoms in total. The Kier molecular flexibility index (Phi) is 3.97. The molecule has 0 aromatic carbocycles. The molecular formula is C11H14ClF3N4O. The van der Waals surface area contributed by atoms with Gasteiger partial charge in [0, 0.05) is 25.6 Å². The first-order chi connectivity index (χ1) is 8.97. The minimum Gasteiger partial charge on any atom is -0.320 e. The Hall–Kier alpha value is -1.28. The summed E-state index contributed by atoms with van der Waals surface area (Å²) in [5.74, 6) is -1.20. The number of carbonyl (C=O) groups is 1. The topological polar surface area (TPSA) is 59.0 Å². The summed E-state index contributed by atoms with van der Waals surface area (Å²) in [6.07, 6.45) is -2.91. The average Bonchev–Trinajstić information content (AvgIpc) is 3.12. The van der Waals surface area contributed by atoms with Crippen LogP contribution in [0.25, 0.3) is 0 Å². The average molecular weight is 311 g/mol. The van der Waals surface area contributed by atoms with Gasteiger partial charge in [0.25, 0.3) is 0 Å². The number of amides is 1. The number of fused-ring (bicyclic) bond motifs is 1. The predicted molar refractivity (Wildman–Crippen MR) is 67.5 cm³/mol. The lowest BCUT2D eigenvalue weighted by atomic mass is 10.3. The number of carbonyl (C=O) groups excluding carboxylic acids is 1. The molecule has 0 spiro atoms. The molecule has 1 aromatic rings. The van der Waals surface area contributed by atoms with Crippen molar-refractivity contribution < 1.29 is 18.0 Å². The molecule has 1 aliphatic heterocycles. The molecule has 0 unspecified atom stereocenters. The highest BCUT2D eigenvalue weighted by Crippen LogP contribution is 2.34. The molecule has 9 heteroatoms. The van der Waals surface area contributed by atoms with E-state index in [0.29, 0.717) is 12.2 Å². The fourth-order valence-electron chi connectivity index (χ4n) is 2.18. The van der Waals surface area contributed by atoms with Crippen LogP contribution in [0.15, 0.2) is 0 Å². The summed E-state index contributed by atoms with van der Waals surface area (Å²) in [4.78, 5) is 15.2. The number of rotatable bonds is 2. The molecule has 2 aliphatic rings. The maximum Gasteiger partial charge on any atom is 0.449 e. The van der Waals surface area contributed by atoms with E-state index in [0.717, 1.165) is 17.4 Å². The zero-order chi connectivity index (χ0) is 13.6. The van der Waals surface area contributed by atoms with Crippen LogP contribution < -0.4 is 10.6 Å². The van der Waals surface area contributed by atoms with Crippen molar-refractivity contribution in [2.45, 2.75) is 32.1 Å². The Bertz CT molecular complexity index is 524. The second kappa shape index (κ2) is 5.25. The Labute approximate surface area is 119 Å². The van der Waals surface area contributed by atoms with Crippen molar-refractivity contribution in [2.24, 2.45) is 5.92 Å². The number of anilines is 1. The van der Waals surface area contributed by atoms with Gasteiger partial charge in [0.2, 0.25) is 11.7 Å². The van der Waals surface area contributed by atoms with Gasteiger partial charge in [-0.1, -0.05) is 0 Å². The van der Waals surface area contributed by atoms with E-state index in [-0.39, 0.29) is 43.1 Å². The lowest BCUT2D eigenvalue weighted by Crippen LogP contribution is -2.31. The Morgan fingerprint density at radius 1 is 1.40 bits per heavy atom. The summed E-state index contributed by atoms with van der Waals surface area (Å²) < 4.78 is 39.8. The van der Waals surface area contributed by atoms with Gasteiger partial charge in [0.05, 0.1) is 5.69 Å². The van der Waals surface area contributed by atoms with Gasteiger partial charge in [-0.15, -0.1) is 12.4 Å². The molecule has 0 bridgehead atoms. The van der Waals surface area contributed by atoms with Gasteiger partial charge < -0.3 is 15.2 Å². The normalized spacial score (nSPS) is 18.1. The molecule has 1 amide bonds. The Morgan fingerprint density at radius 3 is 2.70 bits per heavy atom. The van der Waals surface area contributed by atoms with E-state index in [2.05, 4.69) is 15.6 Å². The molecule has 2 N–H and O–H groups in total. The van der Waals surface area contributed by atoms with E-state index in [4.69, 9.17) is 0 Å². The van der Waals surface area contributed by atoms with Crippen molar-refractivity contribution in [1.29, 1.82) is 0 Å². The van der Waals surface area contributed by atoms with Crippen molar-refractivity contribution >= 4 is 24.1 Å². The fraction of sp³-hybridized carbons (Fsp3) is 0.636. The number of imidazole rings is 1. The largest absolute Gasteiger partial charge is 0.449 e. The number of nitrogens with one attached hydrogen (secondary N) is 2. The second-order valence-corrected chi connectivity index (χ2v) is 4.82. The van der Waals surface area contributed by atoms with Crippen molar-refractivity contribution in [3.05, 3.63) is 11.5 Å². The van der Waals surface area contributed by atoms with E-state index < -0.39 is 12.0 Å². The lowest BCUT2D eigenvalue weighted by molar-refractivity contribution is -0.147. The highest BCUT2D eigenvalue weighted by atomic mass is 35.5. The summed E-state index contributed by atoms with van der Waals surface area (Å²) in [5.41, 5.74) is 0.396.